The van der Waals surface area contributed by atoms with Crippen LogP contribution < -0.4 is 5.32 Å². The zero-order chi connectivity index (χ0) is 9.97. The fourth-order valence-electron chi connectivity index (χ4n) is 1.90. The van der Waals surface area contributed by atoms with Gasteiger partial charge in [0.1, 0.15) is 5.69 Å². The molecule has 0 aromatic carbocycles. The SMILES string of the molecule is Cn1nccc1C(=O)CC1CCNC1. The summed E-state index contributed by atoms with van der Waals surface area (Å²) in [7, 11) is 1.81. The highest BCUT2D eigenvalue weighted by Gasteiger charge is 2.20. The minimum absolute atomic E-state index is 0.207. The largest absolute Gasteiger partial charge is 0.316 e. The third kappa shape index (κ3) is 1.85. The van der Waals surface area contributed by atoms with Crippen LogP contribution >= 0.6 is 0 Å². The molecule has 0 saturated carbocycles. The Morgan fingerprint density at radius 2 is 2.64 bits per heavy atom. The number of carbonyl (C=O) groups excluding carboxylic acids is 1. The highest BCUT2D eigenvalue weighted by atomic mass is 16.1. The topological polar surface area (TPSA) is 46.9 Å². The van der Waals surface area contributed by atoms with Crippen LogP contribution in [0.4, 0.5) is 0 Å². The molecule has 2 rings (SSSR count). The maximum Gasteiger partial charge on any atom is 0.181 e. The number of hydrogen-bond acceptors (Lipinski definition) is 3. The monoisotopic (exact) mass is 193 g/mol. The van der Waals surface area contributed by atoms with Crippen LogP contribution in [0, 0.1) is 5.92 Å². The summed E-state index contributed by atoms with van der Waals surface area (Å²) in [5.74, 6) is 0.719. The molecule has 0 amide bonds. The molecule has 4 heteroatoms. The molecule has 1 aromatic rings. The van der Waals surface area contributed by atoms with Gasteiger partial charge in [-0.1, -0.05) is 0 Å². The van der Waals surface area contributed by atoms with Crippen LogP contribution in [-0.4, -0.2) is 28.7 Å². The smallest absolute Gasteiger partial charge is 0.181 e. The number of aromatic nitrogens is 2. The summed E-state index contributed by atoms with van der Waals surface area (Å²) < 4.78 is 1.64. The highest BCUT2D eigenvalue weighted by Crippen LogP contribution is 2.15. The molecule has 0 bridgehead atoms. The van der Waals surface area contributed by atoms with E-state index in [1.165, 1.54) is 0 Å². The van der Waals surface area contributed by atoms with Gasteiger partial charge >= 0.3 is 0 Å². The van der Waals surface area contributed by atoms with Crippen LogP contribution in [0.15, 0.2) is 12.3 Å². The summed E-state index contributed by atoms with van der Waals surface area (Å²) in [4.78, 5) is 11.8. The van der Waals surface area contributed by atoms with Crippen molar-refractivity contribution in [2.75, 3.05) is 13.1 Å². The lowest BCUT2D eigenvalue weighted by atomic mass is 10.0. The number of hydrogen-bond donors (Lipinski definition) is 1. The second-order valence-electron chi connectivity index (χ2n) is 3.83. The Hall–Kier alpha value is -1.16. The normalized spacial score (nSPS) is 21.4. The van der Waals surface area contributed by atoms with Crippen molar-refractivity contribution in [3.8, 4) is 0 Å². The molecule has 1 fully saturated rings. The molecule has 1 saturated heterocycles. The maximum absolute atomic E-state index is 11.8. The maximum atomic E-state index is 11.8. The summed E-state index contributed by atoms with van der Waals surface area (Å²) >= 11 is 0. The number of ketones is 1. The van der Waals surface area contributed by atoms with Gasteiger partial charge in [0.25, 0.3) is 0 Å². The van der Waals surface area contributed by atoms with Gasteiger partial charge < -0.3 is 5.32 Å². The standard InChI is InChI=1S/C10H15N3O/c1-13-9(3-5-12-13)10(14)6-8-2-4-11-7-8/h3,5,8,11H,2,4,6-7H2,1H3. The van der Waals surface area contributed by atoms with Gasteiger partial charge in [-0.15, -0.1) is 0 Å². The van der Waals surface area contributed by atoms with E-state index in [1.807, 2.05) is 0 Å². The molecule has 0 spiro atoms. The first-order chi connectivity index (χ1) is 6.77. The zero-order valence-corrected chi connectivity index (χ0v) is 8.36. The second kappa shape index (κ2) is 3.92. The fraction of sp³-hybridized carbons (Fsp3) is 0.600. The Balaban J connectivity index is 1.98. The highest BCUT2D eigenvalue weighted by molar-refractivity contribution is 5.94. The third-order valence-corrected chi connectivity index (χ3v) is 2.74. The van der Waals surface area contributed by atoms with Gasteiger partial charge in [0.15, 0.2) is 5.78 Å². The summed E-state index contributed by atoms with van der Waals surface area (Å²) in [6, 6.07) is 1.78. The quantitative estimate of drug-likeness (QED) is 0.715. The minimum Gasteiger partial charge on any atom is -0.316 e. The zero-order valence-electron chi connectivity index (χ0n) is 8.36. The van der Waals surface area contributed by atoms with Crippen LogP contribution in [0.5, 0.6) is 0 Å². The number of aryl methyl sites for hydroxylation is 1. The van der Waals surface area contributed by atoms with Crippen LogP contribution in [0.1, 0.15) is 23.3 Å². The van der Waals surface area contributed by atoms with E-state index in [4.69, 9.17) is 0 Å². The summed E-state index contributed by atoms with van der Waals surface area (Å²) in [5.41, 5.74) is 0.719. The van der Waals surface area contributed by atoms with Crippen molar-refractivity contribution in [1.82, 2.24) is 15.1 Å². The van der Waals surface area contributed by atoms with Crippen molar-refractivity contribution in [2.24, 2.45) is 13.0 Å². The Labute approximate surface area is 83.3 Å². The van der Waals surface area contributed by atoms with Crippen LogP contribution in [-0.2, 0) is 7.05 Å². The van der Waals surface area contributed by atoms with Crippen molar-refractivity contribution < 1.29 is 4.79 Å². The first kappa shape index (κ1) is 9.40. The molecule has 4 nitrogen and oxygen atoms in total. The lowest BCUT2D eigenvalue weighted by Crippen LogP contribution is -2.15. The molecule has 14 heavy (non-hydrogen) atoms. The van der Waals surface area contributed by atoms with Gasteiger partial charge in [-0.3, -0.25) is 9.48 Å². The predicted molar refractivity (Wildman–Crippen MR) is 53.1 cm³/mol. The number of nitrogens with one attached hydrogen (secondary N) is 1. The molecule has 2 heterocycles. The lowest BCUT2D eigenvalue weighted by Gasteiger charge is -2.06. The van der Waals surface area contributed by atoms with E-state index < -0.39 is 0 Å². The van der Waals surface area contributed by atoms with Crippen molar-refractivity contribution in [2.45, 2.75) is 12.8 Å². The number of nitrogens with zero attached hydrogens (tertiary/aromatic N) is 2. The number of rotatable bonds is 3. The van der Waals surface area contributed by atoms with Gasteiger partial charge in [0.05, 0.1) is 0 Å². The van der Waals surface area contributed by atoms with Crippen LogP contribution in [0.3, 0.4) is 0 Å². The summed E-state index contributed by atoms with van der Waals surface area (Å²) in [6.45, 7) is 2.02. The Morgan fingerprint density at radius 3 is 3.21 bits per heavy atom. The second-order valence-corrected chi connectivity index (χ2v) is 3.83. The average molecular weight is 193 g/mol. The van der Waals surface area contributed by atoms with Gasteiger partial charge in [-0.2, -0.15) is 5.10 Å². The molecule has 0 radical (unpaired) electrons. The van der Waals surface area contributed by atoms with E-state index in [2.05, 4.69) is 10.4 Å². The average Bonchev–Trinajstić information content (AvgIpc) is 2.75. The molecule has 1 N–H and O–H groups in total. The van der Waals surface area contributed by atoms with E-state index in [1.54, 1.807) is 24.0 Å². The van der Waals surface area contributed by atoms with Crippen LogP contribution in [0.25, 0.3) is 0 Å². The summed E-state index contributed by atoms with van der Waals surface area (Å²) in [5, 5.41) is 7.26. The van der Waals surface area contributed by atoms with Crippen LogP contribution in [0.2, 0.25) is 0 Å². The van der Waals surface area contributed by atoms with E-state index >= 15 is 0 Å². The van der Waals surface area contributed by atoms with Gasteiger partial charge in [0, 0.05) is 19.7 Å². The molecule has 76 valence electrons. The Kier molecular flexibility index (Phi) is 2.63. The van der Waals surface area contributed by atoms with Gasteiger partial charge in [-0.05, 0) is 31.5 Å². The first-order valence-corrected chi connectivity index (χ1v) is 4.99. The van der Waals surface area contributed by atoms with Crippen molar-refractivity contribution in [1.29, 1.82) is 0 Å². The van der Waals surface area contributed by atoms with Crippen molar-refractivity contribution in [3.05, 3.63) is 18.0 Å². The minimum atomic E-state index is 0.207. The molecule has 1 aliphatic rings. The third-order valence-electron chi connectivity index (χ3n) is 2.74. The fourth-order valence-corrected chi connectivity index (χ4v) is 1.90. The molecule has 1 atom stereocenters. The van der Waals surface area contributed by atoms with E-state index in [9.17, 15) is 4.79 Å². The molecular weight excluding hydrogens is 178 g/mol. The van der Waals surface area contributed by atoms with Crippen molar-refractivity contribution >= 4 is 5.78 Å². The van der Waals surface area contributed by atoms with E-state index in [0.29, 0.717) is 12.3 Å². The first-order valence-electron chi connectivity index (χ1n) is 4.99. The summed E-state index contributed by atoms with van der Waals surface area (Å²) in [6.07, 6.45) is 3.43. The van der Waals surface area contributed by atoms with E-state index in [-0.39, 0.29) is 5.78 Å². The lowest BCUT2D eigenvalue weighted by molar-refractivity contribution is 0.0955. The molecule has 0 aliphatic carbocycles. The molecule has 1 unspecified atom stereocenters. The van der Waals surface area contributed by atoms with Gasteiger partial charge in [-0.25, -0.2) is 0 Å². The predicted octanol–water partition coefficient (Wildman–Crippen LogP) is 0.602. The number of carbonyl (C=O) groups is 1. The number of Topliss-reactive ketones (excluding diaryl/α,β-unsaturated/α-hetero) is 1. The molecule has 1 aromatic heterocycles. The Bertz CT molecular complexity index is 326. The van der Waals surface area contributed by atoms with E-state index in [0.717, 1.165) is 25.2 Å². The van der Waals surface area contributed by atoms with Crippen molar-refractivity contribution in [3.63, 3.8) is 0 Å². The van der Waals surface area contributed by atoms with Gasteiger partial charge in [0.2, 0.25) is 0 Å². The Morgan fingerprint density at radius 1 is 1.79 bits per heavy atom. The molecular formula is C10H15N3O. The molecule has 1 aliphatic heterocycles.